The van der Waals surface area contributed by atoms with Crippen molar-refractivity contribution in [2.24, 2.45) is 0 Å². The Morgan fingerprint density at radius 2 is 1.81 bits per heavy atom. The predicted molar refractivity (Wildman–Crippen MR) is 69.0 cm³/mol. The number of benzene rings is 1. The second-order valence-electron chi connectivity index (χ2n) is 3.94. The molecule has 1 aromatic carbocycles. The lowest BCUT2D eigenvalue weighted by Crippen LogP contribution is -1.86. The van der Waals surface area contributed by atoms with Crippen molar-refractivity contribution in [1.29, 1.82) is 0 Å². The molecule has 3 nitrogen and oxygen atoms in total. The zero-order valence-corrected chi connectivity index (χ0v) is 10.5. The van der Waals surface area contributed by atoms with Gasteiger partial charge in [-0.1, -0.05) is 49.4 Å². The first-order valence-electron chi connectivity index (χ1n) is 5.32. The molecule has 0 radical (unpaired) electrons. The highest BCUT2D eigenvalue weighted by Crippen LogP contribution is 2.27. The van der Waals surface area contributed by atoms with Gasteiger partial charge in [0.25, 0.3) is 0 Å². The summed E-state index contributed by atoms with van der Waals surface area (Å²) in [6.07, 6.45) is 0. The van der Waals surface area contributed by atoms with E-state index in [1.165, 1.54) is 5.56 Å². The fourth-order valence-electron chi connectivity index (χ4n) is 1.45. The number of hydrogen-bond donors (Lipinski definition) is 1. The van der Waals surface area contributed by atoms with Gasteiger partial charge >= 0.3 is 0 Å². The highest BCUT2D eigenvalue weighted by atomic mass is 32.1. The molecule has 2 rings (SSSR count). The van der Waals surface area contributed by atoms with Gasteiger partial charge in [-0.3, -0.25) is 0 Å². The number of hydrogen-bond acceptors (Lipinski definition) is 4. The van der Waals surface area contributed by atoms with Crippen molar-refractivity contribution in [3.8, 4) is 10.6 Å². The third kappa shape index (κ3) is 2.22. The number of aromatic nitrogens is 2. The maximum atomic E-state index is 4.14. The molecule has 2 aromatic rings. The van der Waals surface area contributed by atoms with Crippen LogP contribution >= 0.6 is 11.3 Å². The summed E-state index contributed by atoms with van der Waals surface area (Å²) in [5, 5.41) is 13.0. The third-order valence-corrected chi connectivity index (χ3v) is 3.45. The van der Waals surface area contributed by atoms with E-state index in [-0.39, 0.29) is 0 Å². The molecule has 16 heavy (non-hydrogen) atoms. The van der Waals surface area contributed by atoms with Gasteiger partial charge in [-0.25, -0.2) is 0 Å². The van der Waals surface area contributed by atoms with Gasteiger partial charge in [-0.2, -0.15) is 0 Å². The van der Waals surface area contributed by atoms with E-state index in [1.54, 1.807) is 11.3 Å². The smallest absolute Gasteiger partial charge is 0.205 e. The summed E-state index contributed by atoms with van der Waals surface area (Å²) in [5.41, 5.74) is 2.48. The molecule has 0 bridgehead atoms. The monoisotopic (exact) mass is 233 g/mol. The van der Waals surface area contributed by atoms with Crippen molar-refractivity contribution in [2.75, 3.05) is 12.4 Å². The Balaban J connectivity index is 2.27. The quantitative estimate of drug-likeness (QED) is 0.883. The van der Waals surface area contributed by atoms with Crippen LogP contribution in [-0.4, -0.2) is 17.2 Å². The van der Waals surface area contributed by atoms with Crippen molar-refractivity contribution in [3.05, 3.63) is 29.8 Å². The van der Waals surface area contributed by atoms with Gasteiger partial charge in [0.2, 0.25) is 5.13 Å². The van der Waals surface area contributed by atoms with Crippen LogP contribution in [0.2, 0.25) is 0 Å². The Bertz CT molecular complexity index is 459. The number of nitrogens with one attached hydrogen (secondary N) is 1. The minimum atomic E-state index is 0.566. The van der Waals surface area contributed by atoms with E-state index in [2.05, 4.69) is 53.6 Å². The lowest BCUT2D eigenvalue weighted by molar-refractivity contribution is 0.867. The van der Waals surface area contributed by atoms with Gasteiger partial charge in [0, 0.05) is 12.6 Å². The largest absolute Gasteiger partial charge is 0.363 e. The molecule has 1 N–H and O–H groups in total. The first-order chi connectivity index (χ1) is 7.70. The maximum Gasteiger partial charge on any atom is 0.205 e. The fourth-order valence-corrected chi connectivity index (χ4v) is 2.15. The molecular weight excluding hydrogens is 218 g/mol. The second kappa shape index (κ2) is 4.61. The fraction of sp³-hybridized carbons (Fsp3) is 0.333. The van der Waals surface area contributed by atoms with Crippen LogP contribution in [0.5, 0.6) is 0 Å². The first-order valence-corrected chi connectivity index (χ1v) is 6.14. The normalized spacial score (nSPS) is 10.8. The molecule has 0 aliphatic carbocycles. The van der Waals surface area contributed by atoms with Gasteiger partial charge in [-0.05, 0) is 11.5 Å². The summed E-state index contributed by atoms with van der Waals surface area (Å²) in [6.45, 7) is 4.39. The zero-order valence-electron chi connectivity index (χ0n) is 9.69. The number of anilines is 1. The Morgan fingerprint density at radius 3 is 2.31 bits per heavy atom. The van der Waals surface area contributed by atoms with Gasteiger partial charge in [0.1, 0.15) is 5.01 Å². The van der Waals surface area contributed by atoms with Gasteiger partial charge in [-0.15, -0.1) is 10.2 Å². The molecule has 0 spiro atoms. The molecule has 0 fully saturated rings. The Hall–Kier alpha value is -1.42. The van der Waals surface area contributed by atoms with Crippen molar-refractivity contribution in [1.82, 2.24) is 10.2 Å². The van der Waals surface area contributed by atoms with E-state index in [9.17, 15) is 0 Å². The molecule has 4 heteroatoms. The SMILES string of the molecule is CNc1nnc(-c2ccc(C(C)C)cc2)s1. The number of nitrogens with zero attached hydrogens (tertiary/aromatic N) is 2. The lowest BCUT2D eigenvalue weighted by atomic mass is 10.0. The molecule has 0 amide bonds. The van der Waals surface area contributed by atoms with E-state index in [0.29, 0.717) is 5.92 Å². The summed E-state index contributed by atoms with van der Waals surface area (Å²) in [7, 11) is 1.85. The molecule has 0 aliphatic rings. The van der Waals surface area contributed by atoms with E-state index in [1.807, 2.05) is 7.05 Å². The Labute approximate surface area is 99.5 Å². The second-order valence-corrected chi connectivity index (χ2v) is 4.92. The van der Waals surface area contributed by atoms with Crippen molar-refractivity contribution < 1.29 is 0 Å². The van der Waals surface area contributed by atoms with Crippen LogP contribution in [0, 0.1) is 0 Å². The van der Waals surface area contributed by atoms with E-state index >= 15 is 0 Å². The van der Waals surface area contributed by atoms with E-state index in [0.717, 1.165) is 15.7 Å². The van der Waals surface area contributed by atoms with Crippen LogP contribution in [0.25, 0.3) is 10.6 Å². The standard InChI is InChI=1S/C12H15N3S/c1-8(2)9-4-6-10(7-5-9)11-14-15-12(13-3)16-11/h4-8H,1-3H3,(H,13,15). The van der Waals surface area contributed by atoms with Crippen LogP contribution in [0.3, 0.4) is 0 Å². The van der Waals surface area contributed by atoms with Gasteiger partial charge < -0.3 is 5.32 Å². The van der Waals surface area contributed by atoms with Gasteiger partial charge in [0.05, 0.1) is 0 Å². The van der Waals surface area contributed by atoms with Crippen LogP contribution < -0.4 is 5.32 Å². The summed E-state index contributed by atoms with van der Waals surface area (Å²) in [4.78, 5) is 0. The maximum absolute atomic E-state index is 4.14. The Morgan fingerprint density at radius 1 is 1.12 bits per heavy atom. The average molecular weight is 233 g/mol. The van der Waals surface area contributed by atoms with Crippen molar-refractivity contribution in [2.45, 2.75) is 19.8 Å². The summed E-state index contributed by atoms with van der Waals surface area (Å²) < 4.78 is 0. The first kappa shape index (κ1) is 11.1. The molecule has 1 aromatic heterocycles. The van der Waals surface area contributed by atoms with E-state index in [4.69, 9.17) is 0 Å². The van der Waals surface area contributed by atoms with Crippen LogP contribution in [0.1, 0.15) is 25.3 Å². The molecular formula is C12H15N3S. The molecule has 1 heterocycles. The van der Waals surface area contributed by atoms with Crippen LogP contribution in [0.15, 0.2) is 24.3 Å². The minimum absolute atomic E-state index is 0.566. The van der Waals surface area contributed by atoms with Crippen molar-refractivity contribution in [3.63, 3.8) is 0 Å². The molecule has 84 valence electrons. The van der Waals surface area contributed by atoms with Gasteiger partial charge in [0.15, 0.2) is 0 Å². The van der Waals surface area contributed by atoms with E-state index < -0.39 is 0 Å². The summed E-state index contributed by atoms with van der Waals surface area (Å²) in [6, 6.07) is 8.52. The number of rotatable bonds is 3. The lowest BCUT2D eigenvalue weighted by Gasteiger charge is -2.04. The zero-order chi connectivity index (χ0) is 11.5. The molecule has 0 aliphatic heterocycles. The summed E-state index contributed by atoms with van der Waals surface area (Å²) in [5.74, 6) is 0.566. The van der Waals surface area contributed by atoms with Crippen molar-refractivity contribution >= 4 is 16.5 Å². The minimum Gasteiger partial charge on any atom is -0.363 e. The highest BCUT2D eigenvalue weighted by molar-refractivity contribution is 7.18. The molecule has 0 atom stereocenters. The predicted octanol–water partition coefficient (Wildman–Crippen LogP) is 3.37. The highest BCUT2D eigenvalue weighted by Gasteiger charge is 2.06. The van der Waals surface area contributed by atoms with Crippen LogP contribution in [0.4, 0.5) is 5.13 Å². The third-order valence-electron chi connectivity index (χ3n) is 2.46. The topological polar surface area (TPSA) is 37.8 Å². The average Bonchev–Trinajstić information content (AvgIpc) is 2.77. The summed E-state index contributed by atoms with van der Waals surface area (Å²) >= 11 is 1.57. The molecule has 0 saturated carbocycles. The Kier molecular flexibility index (Phi) is 3.19. The van der Waals surface area contributed by atoms with Crippen LogP contribution in [-0.2, 0) is 0 Å². The molecule has 0 unspecified atom stereocenters. The molecule has 0 saturated heterocycles.